The van der Waals surface area contributed by atoms with E-state index < -0.39 is 0 Å². The van der Waals surface area contributed by atoms with Crippen molar-refractivity contribution < 1.29 is 9.59 Å². The molecule has 2 amide bonds. The molecular weight excluding hydrogens is 386 g/mol. The van der Waals surface area contributed by atoms with Crippen LogP contribution in [-0.4, -0.2) is 22.0 Å². The summed E-state index contributed by atoms with van der Waals surface area (Å²) in [4.78, 5) is 30.1. The maximum atomic E-state index is 12.4. The second-order valence-electron chi connectivity index (χ2n) is 5.47. The van der Waals surface area contributed by atoms with Crippen LogP contribution in [0.3, 0.4) is 0 Å². The molecule has 3 rings (SSSR count). The lowest BCUT2D eigenvalue weighted by Crippen LogP contribution is -2.22. The number of carbonyl (C=O) groups is 2. The van der Waals surface area contributed by atoms with Gasteiger partial charge in [-0.25, -0.2) is 4.98 Å². The molecule has 0 bridgehead atoms. The molecule has 1 unspecified atom stereocenters. The monoisotopic (exact) mass is 403 g/mol. The van der Waals surface area contributed by atoms with Crippen molar-refractivity contribution in [1.29, 1.82) is 0 Å². The molecule has 1 aromatic carbocycles. The molecule has 0 aliphatic heterocycles. The summed E-state index contributed by atoms with van der Waals surface area (Å²) in [5, 5.41) is 9.86. The number of hydrogen-bond donors (Lipinski definition) is 2. The number of anilines is 2. The van der Waals surface area contributed by atoms with Gasteiger partial charge in [0.15, 0.2) is 5.13 Å². The number of amides is 2. The van der Waals surface area contributed by atoms with E-state index in [-0.39, 0.29) is 17.1 Å². The quantitative estimate of drug-likeness (QED) is 0.571. The van der Waals surface area contributed by atoms with Gasteiger partial charge in [0, 0.05) is 22.9 Å². The van der Waals surface area contributed by atoms with E-state index in [2.05, 4.69) is 15.6 Å². The van der Waals surface area contributed by atoms with E-state index in [0.29, 0.717) is 5.13 Å². The molecule has 1 atom stereocenters. The zero-order valence-corrected chi connectivity index (χ0v) is 16.6. The minimum Gasteiger partial charge on any atom is -0.326 e. The number of benzene rings is 1. The number of nitrogens with one attached hydrogen (secondary N) is 2. The molecule has 2 N–H and O–H groups in total. The zero-order valence-electron chi connectivity index (χ0n) is 14.2. The molecular formula is C18H17N3O2S3. The first-order valence-corrected chi connectivity index (χ1v) is 10.5. The van der Waals surface area contributed by atoms with Crippen LogP contribution < -0.4 is 10.6 Å². The predicted molar refractivity (Wildman–Crippen MR) is 110 cm³/mol. The van der Waals surface area contributed by atoms with Crippen LogP contribution >= 0.6 is 34.4 Å². The van der Waals surface area contributed by atoms with Crippen molar-refractivity contribution in [1.82, 2.24) is 4.98 Å². The Morgan fingerprint density at radius 2 is 2.00 bits per heavy atom. The molecule has 2 aromatic heterocycles. The summed E-state index contributed by atoms with van der Waals surface area (Å²) in [5.74, 6) is -0.227. The van der Waals surface area contributed by atoms with Crippen molar-refractivity contribution in [2.75, 3.05) is 10.6 Å². The van der Waals surface area contributed by atoms with Gasteiger partial charge in [0.25, 0.3) is 0 Å². The lowest BCUT2D eigenvalue weighted by atomic mass is 10.3. The second kappa shape index (κ2) is 8.48. The number of carbonyl (C=O) groups excluding carboxylic acids is 2. The van der Waals surface area contributed by atoms with Crippen LogP contribution in [0.2, 0.25) is 0 Å². The Bertz CT molecular complexity index is 906. The van der Waals surface area contributed by atoms with Crippen molar-refractivity contribution in [3.63, 3.8) is 0 Å². The van der Waals surface area contributed by atoms with Crippen LogP contribution in [0.1, 0.15) is 13.8 Å². The highest BCUT2D eigenvalue weighted by atomic mass is 32.2. The van der Waals surface area contributed by atoms with E-state index in [1.165, 1.54) is 30.0 Å². The Kier molecular flexibility index (Phi) is 6.08. The fourth-order valence-corrected chi connectivity index (χ4v) is 4.58. The van der Waals surface area contributed by atoms with Crippen molar-refractivity contribution in [2.24, 2.45) is 0 Å². The number of rotatable bonds is 6. The van der Waals surface area contributed by atoms with Gasteiger partial charge in [-0.3, -0.25) is 9.59 Å². The first-order valence-electron chi connectivity index (χ1n) is 7.86. The number of nitrogens with zero attached hydrogens (tertiary/aromatic N) is 1. The molecule has 0 radical (unpaired) electrons. The van der Waals surface area contributed by atoms with Crippen LogP contribution in [0.5, 0.6) is 0 Å². The Morgan fingerprint density at radius 3 is 2.73 bits per heavy atom. The highest BCUT2D eigenvalue weighted by molar-refractivity contribution is 8.00. The third-order valence-electron chi connectivity index (χ3n) is 3.34. The van der Waals surface area contributed by atoms with Crippen molar-refractivity contribution in [2.45, 2.75) is 24.0 Å². The standard InChI is InChI=1S/C18H17N3O2S3/c1-11(26-14-6-3-5-13(9-14)19-12(2)22)17(23)21-18-20-15(10-25-18)16-7-4-8-24-16/h3-11H,1-2H3,(H,19,22)(H,20,21,23). The van der Waals surface area contributed by atoms with E-state index in [1.54, 1.807) is 11.3 Å². The van der Waals surface area contributed by atoms with Crippen LogP contribution in [0.25, 0.3) is 10.6 Å². The minimum absolute atomic E-state index is 0.105. The Labute approximate surface area is 163 Å². The summed E-state index contributed by atoms with van der Waals surface area (Å²) in [6.07, 6.45) is 0. The molecule has 2 heterocycles. The topological polar surface area (TPSA) is 71.1 Å². The summed E-state index contributed by atoms with van der Waals surface area (Å²) in [5.41, 5.74) is 1.60. The molecule has 26 heavy (non-hydrogen) atoms. The zero-order chi connectivity index (χ0) is 18.5. The van der Waals surface area contributed by atoms with E-state index in [9.17, 15) is 9.59 Å². The SMILES string of the molecule is CC(=O)Nc1cccc(SC(C)C(=O)Nc2nc(-c3cccs3)cs2)c1. The molecule has 0 fully saturated rings. The third kappa shape index (κ3) is 4.94. The third-order valence-corrected chi connectivity index (χ3v) is 6.09. The van der Waals surface area contributed by atoms with Crippen LogP contribution in [0.15, 0.2) is 52.1 Å². The highest BCUT2D eigenvalue weighted by Crippen LogP contribution is 2.30. The average Bonchev–Trinajstić information content (AvgIpc) is 3.25. The highest BCUT2D eigenvalue weighted by Gasteiger charge is 2.17. The van der Waals surface area contributed by atoms with Crippen molar-refractivity contribution >= 4 is 57.1 Å². The second-order valence-corrected chi connectivity index (χ2v) is 8.69. The fourth-order valence-electron chi connectivity index (χ4n) is 2.18. The largest absolute Gasteiger partial charge is 0.326 e. The maximum Gasteiger partial charge on any atom is 0.239 e. The van der Waals surface area contributed by atoms with Gasteiger partial charge in [0.2, 0.25) is 11.8 Å². The van der Waals surface area contributed by atoms with E-state index in [1.807, 2.05) is 54.1 Å². The molecule has 0 aliphatic rings. The predicted octanol–water partition coefficient (Wildman–Crippen LogP) is 4.95. The van der Waals surface area contributed by atoms with Crippen molar-refractivity contribution in [3.8, 4) is 10.6 Å². The minimum atomic E-state index is -0.295. The van der Waals surface area contributed by atoms with Gasteiger partial charge in [-0.15, -0.1) is 34.4 Å². The summed E-state index contributed by atoms with van der Waals surface area (Å²) < 4.78 is 0. The first kappa shape index (κ1) is 18.6. The number of aromatic nitrogens is 1. The lowest BCUT2D eigenvalue weighted by molar-refractivity contribution is -0.115. The summed E-state index contributed by atoms with van der Waals surface area (Å²) in [6, 6.07) is 11.4. The van der Waals surface area contributed by atoms with E-state index in [4.69, 9.17) is 0 Å². The molecule has 0 saturated carbocycles. The summed E-state index contributed by atoms with van der Waals surface area (Å²) in [6.45, 7) is 3.31. The maximum absolute atomic E-state index is 12.4. The van der Waals surface area contributed by atoms with Crippen LogP contribution in [0, 0.1) is 0 Å². The Hall–Kier alpha value is -2.16. The molecule has 0 spiro atoms. The van der Waals surface area contributed by atoms with Gasteiger partial charge in [-0.05, 0) is 36.6 Å². The van der Waals surface area contributed by atoms with Crippen LogP contribution in [-0.2, 0) is 9.59 Å². The normalized spacial score (nSPS) is 11.8. The van der Waals surface area contributed by atoms with Crippen LogP contribution in [0.4, 0.5) is 10.8 Å². The number of thioether (sulfide) groups is 1. The Morgan fingerprint density at radius 1 is 1.15 bits per heavy atom. The number of thiophene rings is 1. The molecule has 134 valence electrons. The summed E-state index contributed by atoms with van der Waals surface area (Å²) in [7, 11) is 0. The smallest absolute Gasteiger partial charge is 0.239 e. The van der Waals surface area contributed by atoms with Gasteiger partial charge in [0.05, 0.1) is 15.8 Å². The average molecular weight is 404 g/mol. The van der Waals surface area contributed by atoms with Crippen molar-refractivity contribution in [3.05, 3.63) is 47.2 Å². The number of hydrogen-bond acceptors (Lipinski definition) is 6. The van der Waals surface area contributed by atoms with Gasteiger partial charge in [-0.1, -0.05) is 12.1 Å². The van der Waals surface area contributed by atoms with Gasteiger partial charge in [-0.2, -0.15) is 0 Å². The van der Waals surface area contributed by atoms with Gasteiger partial charge in [0.1, 0.15) is 0 Å². The molecule has 0 aliphatic carbocycles. The number of thiazole rings is 1. The first-order chi connectivity index (χ1) is 12.5. The lowest BCUT2D eigenvalue weighted by Gasteiger charge is -2.11. The van der Waals surface area contributed by atoms with Gasteiger partial charge < -0.3 is 10.6 Å². The van der Waals surface area contributed by atoms with Gasteiger partial charge >= 0.3 is 0 Å². The molecule has 5 nitrogen and oxygen atoms in total. The molecule has 8 heteroatoms. The van der Waals surface area contributed by atoms with E-state index >= 15 is 0 Å². The Balaban J connectivity index is 1.60. The fraction of sp³-hybridized carbons (Fsp3) is 0.167. The summed E-state index contributed by atoms with van der Waals surface area (Å²) >= 11 is 4.47. The molecule has 3 aromatic rings. The van der Waals surface area contributed by atoms with E-state index in [0.717, 1.165) is 21.2 Å². The molecule has 0 saturated heterocycles.